The van der Waals surface area contributed by atoms with Gasteiger partial charge in [-0.05, 0) is 31.9 Å². The van der Waals surface area contributed by atoms with Gasteiger partial charge in [0.15, 0.2) is 0 Å². The predicted molar refractivity (Wildman–Crippen MR) is 86.1 cm³/mol. The second kappa shape index (κ2) is 6.31. The molecule has 0 aliphatic heterocycles. The van der Waals surface area contributed by atoms with Crippen LogP contribution in [0.5, 0.6) is 0 Å². The van der Waals surface area contributed by atoms with Crippen LogP contribution in [0.2, 0.25) is 5.02 Å². The van der Waals surface area contributed by atoms with Crippen LogP contribution in [0.3, 0.4) is 0 Å². The molecule has 5 heteroatoms. The predicted octanol–water partition coefficient (Wildman–Crippen LogP) is 3.90. The second-order valence-corrected chi connectivity index (χ2v) is 5.63. The van der Waals surface area contributed by atoms with Crippen molar-refractivity contribution in [1.82, 2.24) is 9.78 Å². The number of rotatable bonds is 4. The molecule has 0 saturated heterocycles. The molecule has 0 aliphatic rings. The molecule has 1 amide bonds. The van der Waals surface area contributed by atoms with Gasteiger partial charge in [-0.15, -0.1) is 0 Å². The Kier molecular flexibility index (Phi) is 4.68. The summed E-state index contributed by atoms with van der Waals surface area (Å²) in [5.41, 5.74) is 4.15. The normalized spacial score (nSPS) is 10.7. The number of carbonyl (C=O) groups is 1. The summed E-state index contributed by atoms with van der Waals surface area (Å²) in [6.07, 6.45) is 1.71. The number of hydrogen-bond donors (Lipinski definition) is 1. The fraction of sp³-hybridized carbons (Fsp3) is 0.375. The summed E-state index contributed by atoms with van der Waals surface area (Å²) in [5, 5.41) is 7.68. The summed E-state index contributed by atoms with van der Waals surface area (Å²) in [7, 11) is 1.74. The van der Waals surface area contributed by atoms with E-state index < -0.39 is 0 Å². The van der Waals surface area contributed by atoms with E-state index in [2.05, 4.69) is 17.3 Å². The average molecular weight is 306 g/mol. The fourth-order valence-corrected chi connectivity index (χ4v) is 2.67. The molecule has 0 radical (unpaired) electrons. The van der Waals surface area contributed by atoms with Crippen molar-refractivity contribution in [2.45, 2.75) is 33.6 Å². The van der Waals surface area contributed by atoms with Crippen molar-refractivity contribution in [3.05, 3.63) is 45.7 Å². The van der Waals surface area contributed by atoms with Crippen LogP contribution in [0.1, 0.15) is 40.7 Å². The number of hydrogen-bond acceptors (Lipinski definition) is 2. The van der Waals surface area contributed by atoms with Crippen molar-refractivity contribution >= 4 is 23.2 Å². The van der Waals surface area contributed by atoms with Gasteiger partial charge in [-0.2, -0.15) is 5.10 Å². The van der Waals surface area contributed by atoms with Gasteiger partial charge in [0, 0.05) is 12.7 Å². The maximum atomic E-state index is 12.5. The lowest BCUT2D eigenvalue weighted by Crippen LogP contribution is -2.17. The van der Waals surface area contributed by atoms with Crippen LogP contribution in [0.25, 0.3) is 0 Å². The highest BCUT2D eigenvalue weighted by molar-refractivity contribution is 6.34. The van der Waals surface area contributed by atoms with Gasteiger partial charge < -0.3 is 5.32 Å². The maximum Gasteiger partial charge on any atom is 0.275 e. The number of amides is 1. The lowest BCUT2D eigenvalue weighted by Gasteiger charge is -2.09. The van der Waals surface area contributed by atoms with E-state index in [0.29, 0.717) is 10.7 Å². The van der Waals surface area contributed by atoms with Crippen LogP contribution in [0.4, 0.5) is 5.69 Å². The molecule has 1 N–H and O–H groups in total. The number of nitrogens with one attached hydrogen (secondary N) is 1. The van der Waals surface area contributed by atoms with Crippen molar-refractivity contribution in [2.24, 2.45) is 7.05 Å². The third-order valence-corrected chi connectivity index (χ3v) is 3.78. The number of aryl methyl sites for hydroxylation is 4. The summed E-state index contributed by atoms with van der Waals surface area (Å²) < 4.78 is 1.55. The highest BCUT2D eigenvalue weighted by atomic mass is 35.5. The highest BCUT2D eigenvalue weighted by Crippen LogP contribution is 2.23. The Morgan fingerprint density at radius 1 is 1.38 bits per heavy atom. The molecule has 1 aromatic carbocycles. The van der Waals surface area contributed by atoms with Gasteiger partial charge in [-0.25, -0.2) is 0 Å². The first-order chi connectivity index (χ1) is 9.93. The molecule has 21 heavy (non-hydrogen) atoms. The van der Waals surface area contributed by atoms with Gasteiger partial charge in [0.1, 0.15) is 5.69 Å². The number of halogens is 1. The zero-order valence-electron chi connectivity index (χ0n) is 12.8. The van der Waals surface area contributed by atoms with E-state index in [1.807, 2.05) is 32.0 Å². The van der Waals surface area contributed by atoms with Crippen LogP contribution in [0.15, 0.2) is 18.2 Å². The van der Waals surface area contributed by atoms with E-state index >= 15 is 0 Å². The first-order valence-electron chi connectivity index (χ1n) is 7.04. The zero-order valence-corrected chi connectivity index (χ0v) is 13.6. The first kappa shape index (κ1) is 15.6. The Morgan fingerprint density at radius 3 is 2.71 bits per heavy atom. The minimum Gasteiger partial charge on any atom is -0.320 e. The van der Waals surface area contributed by atoms with E-state index in [4.69, 9.17) is 11.6 Å². The Balaban J connectivity index is 2.28. The monoisotopic (exact) mass is 305 g/mol. The van der Waals surface area contributed by atoms with Crippen LogP contribution < -0.4 is 5.32 Å². The molecule has 0 fully saturated rings. The lowest BCUT2D eigenvalue weighted by atomic mass is 10.1. The second-order valence-electron chi connectivity index (χ2n) is 5.26. The highest BCUT2D eigenvalue weighted by Gasteiger charge is 2.20. The molecular formula is C16H20ClN3O. The summed E-state index contributed by atoms with van der Waals surface area (Å²) >= 11 is 6.29. The van der Waals surface area contributed by atoms with Gasteiger partial charge in [0.25, 0.3) is 5.91 Å². The molecule has 0 unspecified atom stereocenters. The summed E-state index contributed by atoms with van der Waals surface area (Å²) in [6, 6.07) is 5.90. The molecule has 0 aliphatic carbocycles. The number of aromatic nitrogens is 2. The number of carbonyl (C=O) groups excluding carboxylic acids is 1. The molecule has 0 saturated carbocycles. The fourth-order valence-electron chi connectivity index (χ4n) is 2.33. The van der Waals surface area contributed by atoms with Crippen molar-refractivity contribution < 1.29 is 4.79 Å². The van der Waals surface area contributed by atoms with Crippen molar-refractivity contribution in [3.8, 4) is 0 Å². The molecular weight excluding hydrogens is 286 g/mol. The minimum absolute atomic E-state index is 0.232. The van der Waals surface area contributed by atoms with E-state index in [9.17, 15) is 4.79 Å². The van der Waals surface area contributed by atoms with Crippen LogP contribution in [-0.2, 0) is 13.5 Å². The average Bonchev–Trinajstić information content (AvgIpc) is 2.68. The number of benzene rings is 1. The van der Waals surface area contributed by atoms with Crippen molar-refractivity contribution in [1.29, 1.82) is 0 Å². The summed E-state index contributed by atoms with van der Waals surface area (Å²) in [6.45, 7) is 6.05. The molecule has 2 aromatic rings. The zero-order chi connectivity index (χ0) is 15.6. The third-order valence-electron chi connectivity index (χ3n) is 3.39. The first-order valence-corrected chi connectivity index (χ1v) is 7.41. The molecule has 0 spiro atoms. The van der Waals surface area contributed by atoms with Crippen molar-refractivity contribution in [3.63, 3.8) is 0 Å². The third kappa shape index (κ3) is 3.27. The van der Waals surface area contributed by atoms with Gasteiger partial charge in [0.2, 0.25) is 0 Å². The topological polar surface area (TPSA) is 46.9 Å². The Bertz CT molecular complexity index is 676. The van der Waals surface area contributed by atoms with Gasteiger partial charge >= 0.3 is 0 Å². The molecule has 1 heterocycles. The van der Waals surface area contributed by atoms with Gasteiger partial charge in [0.05, 0.1) is 10.7 Å². The number of anilines is 1. The minimum atomic E-state index is -0.232. The molecule has 112 valence electrons. The molecule has 1 aromatic heterocycles. The van der Waals surface area contributed by atoms with E-state index in [1.165, 1.54) is 0 Å². The standard InChI is InChI=1S/C16H20ClN3O/c1-5-6-13-14(17)15(20(4)19-13)16(21)18-12-8-7-10(2)9-11(12)3/h7-9H,5-6H2,1-4H3,(H,18,21). The Labute approximate surface area is 130 Å². The summed E-state index contributed by atoms with van der Waals surface area (Å²) in [5.74, 6) is -0.232. The van der Waals surface area contributed by atoms with Gasteiger partial charge in [-0.1, -0.05) is 42.6 Å². The smallest absolute Gasteiger partial charge is 0.275 e. The SMILES string of the molecule is CCCc1nn(C)c(C(=O)Nc2ccc(C)cc2C)c1Cl. The Morgan fingerprint density at radius 2 is 2.10 bits per heavy atom. The lowest BCUT2D eigenvalue weighted by molar-refractivity contribution is 0.101. The maximum absolute atomic E-state index is 12.5. The largest absolute Gasteiger partial charge is 0.320 e. The van der Waals surface area contributed by atoms with Crippen LogP contribution in [-0.4, -0.2) is 15.7 Å². The van der Waals surface area contributed by atoms with Crippen LogP contribution in [0, 0.1) is 13.8 Å². The summed E-state index contributed by atoms with van der Waals surface area (Å²) in [4.78, 5) is 12.5. The van der Waals surface area contributed by atoms with E-state index in [0.717, 1.165) is 35.3 Å². The van der Waals surface area contributed by atoms with E-state index in [-0.39, 0.29) is 5.91 Å². The van der Waals surface area contributed by atoms with E-state index in [1.54, 1.807) is 11.7 Å². The quantitative estimate of drug-likeness (QED) is 0.931. The Hall–Kier alpha value is -1.81. The number of nitrogens with zero attached hydrogens (tertiary/aromatic N) is 2. The van der Waals surface area contributed by atoms with Crippen molar-refractivity contribution in [2.75, 3.05) is 5.32 Å². The van der Waals surface area contributed by atoms with Crippen LogP contribution >= 0.6 is 11.6 Å². The molecule has 0 atom stereocenters. The molecule has 0 bridgehead atoms. The molecule has 2 rings (SSSR count). The molecule has 4 nitrogen and oxygen atoms in total. The van der Waals surface area contributed by atoms with Gasteiger partial charge in [-0.3, -0.25) is 9.48 Å².